The fourth-order valence-corrected chi connectivity index (χ4v) is 2.65. The van der Waals surface area contributed by atoms with E-state index in [1.54, 1.807) is 0 Å². The molecule has 18 heavy (non-hydrogen) atoms. The van der Waals surface area contributed by atoms with E-state index in [0.717, 1.165) is 17.1 Å². The van der Waals surface area contributed by atoms with Gasteiger partial charge in [-0.15, -0.1) is 0 Å². The van der Waals surface area contributed by atoms with Crippen molar-refractivity contribution in [2.45, 2.75) is 19.8 Å². The smallest absolute Gasteiger partial charge is 0.318 e. The molecule has 0 aromatic carbocycles. The zero-order valence-electron chi connectivity index (χ0n) is 11.1. The van der Waals surface area contributed by atoms with Gasteiger partial charge < -0.3 is 9.84 Å². The van der Waals surface area contributed by atoms with E-state index in [4.69, 9.17) is 9.84 Å². The Labute approximate surface area is 109 Å². The van der Waals surface area contributed by atoms with Crippen LogP contribution in [-0.2, 0) is 19.7 Å². The first-order chi connectivity index (χ1) is 8.36. The lowest BCUT2D eigenvalue weighted by molar-refractivity contribution is -0.137. The highest BCUT2D eigenvalue weighted by Gasteiger charge is 2.28. The van der Waals surface area contributed by atoms with Gasteiger partial charge in [0, 0.05) is 27.2 Å². The van der Waals surface area contributed by atoms with Gasteiger partial charge in [0.1, 0.15) is 6.54 Å². The van der Waals surface area contributed by atoms with Crippen LogP contribution in [0.25, 0.3) is 0 Å². The van der Waals surface area contributed by atoms with Crippen molar-refractivity contribution >= 4 is 16.2 Å². The summed E-state index contributed by atoms with van der Waals surface area (Å²) in [6.45, 7) is 1.97. The number of rotatable bonds is 10. The van der Waals surface area contributed by atoms with Crippen LogP contribution in [0.3, 0.4) is 0 Å². The third-order valence-corrected chi connectivity index (χ3v) is 4.34. The minimum atomic E-state index is -3.73. The zero-order valence-corrected chi connectivity index (χ0v) is 11.9. The summed E-state index contributed by atoms with van der Waals surface area (Å²) in [4.78, 5) is 10.7. The van der Waals surface area contributed by atoms with Gasteiger partial charge in [0.05, 0.1) is 6.61 Å². The molecule has 0 radical (unpaired) electrons. The lowest BCUT2D eigenvalue weighted by Gasteiger charge is -2.26. The van der Waals surface area contributed by atoms with Gasteiger partial charge in [-0.05, 0) is 6.42 Å². The Bertz CT molecular complexity index is 344. The molecule has 0 unspecified atom stereocenters. The number of ether oxygens (including phenoxy) is 1. The molecule has 0 spiro atoms. The van der Waals surface area contributed by atoms with E-state index >= 15 is 0 Å². The maximum Gasteiger partial charge on any atom is 0.318 e. The van der Waals surface area contributed by atoms with Crippen molar-refractivity contribution in [1.29, 1.82) is 0 Å². The van der Waals surface area contributed by atoms with Crippen molar-refractivity contribution < 1.29 is 23.1 Å². The summed E-state index contributed by atoms with van der Waals surface area (Å²) in [5.74, 6) is -1.18. The Kier molecular flexibility index (Phi) is 8.08. The second kappa shape index (κ2) is 8.41. The highest BCUT2D eigenvalue weighted by molar-refractivity contribution is 7.86. The minimum Gasteiger partial charge on any atom is -0.480 e. The third kappa shape index (κ3) is 5.76. The lowest BCUT2D eigenvalue weighted by atomic mass is 10.3. The van der Waals surface area contributed by atoms with Crippen LogP contribution < -0.4 is 0 Å². The van der Waals surface area contributed by atoms with Crippen LogP contribution in [-0.4, -0.2) is 68.5 Å². The van der Waals surface area contributed by atoms with Crippen molar-refractivity contribution in [3.63, 3.8) is 0 Å². The Morgan fingerprint density at radius 1 is 1.33 bits per heavy atom. The first kappa shape index (κ1) is 17.3. The largest absolute Gasteiger partial charge is 0.480 e. The number of aliphatic carboxylic acids is 1. The van der Waals surface area contributed by atoms with Crippen molar-refractivity contribution in [1.82, 2.24) is 8.61 Å². The normalized spacial score (nSPS) is 12.3. The van der Waals surface area contributed by atoms with Crippen molar-refractivity contribution in [3.8, 4) is 0 Å². The minimum absolute atomic E-state index is 0.0294. The Hall–Kier alpha value is -0.700. The maximum absolute atomic E-state index is 12.1. The summed E-state index contributed by atoms with van der Waals surface area (Å²) in [6.07, 6.45) is 1.61. The molecule has 1 N–H and O–H groups in total. The molecule has 0 aromatic heterocycles. The number of carboxylic acid groups (broad SMARTS) is 1. The molecule has 0 rings (SSSR count). The van der Waals surface area contributed by atoms with Gasteiger partial charge in [0.25, 0.3) is 10.2 Å². The van der Waals surface area contributed by atoms with E-state index in [1.807, 2.05) is 6.92 Å². The molecule has 0 aliphatic heterocycles. The highest BCUT2D eigenvalue weighted by Crippen LogP contribution is 2.07. The average molecular weight is 282 g/mol. The Morgan fingerprint density at radius 3 is 2.39 bits per heavy atom. The molecular weight excluding hydrogens is 260 g/mol. The molecule has 8 heteroatoms. The van der Waals surface area contributed by atoms with Crippen molar-refractivity contribution in [2.24, 2.45) is 0 Å². The fourth-order valence-electron chi connectivity index (χ4n) is 1.31. The van der Waals surface area contributed by atoms with E-state index < -0.39 is 22.7 Å². The fraction of sp³-hybridized carbons (Fsp3) is 0.900. The molecule has 0 heterocycles. The van der Waals surface area contributed by atoms with Crippen LogP contribution in [0.2, 0.25) is 0 Å². The summed E-state index contributed by atoms with van der Waals surface area (Å²) < 4.78 is 31.1. The van der Waals surface area contributed by atoms with E-state index in [0.29, 0.717) is 6.54 Å². The first-order valence-corrected chi connectivity index (χ1v) is 7.18. The number of carboxylic acids is 1. The summed E-state index contributed by atoms with van der Waals surface area (Å²) in [5.41, 5.74) is 0. The van der Waals surface area contributed by atoms with E-state index in [-0.39, 0.29) is 13.2 Å². The second-order valence-corrected chi connectivity index (χ2v) is 5.94. The molecule has 0 atom stereocenters. The molecule has 0 saturated heterocycles. The summed E-state index contributed by atoms with van der Waals surface area (Å²) in [5, 5.41) is 8.74. The van der Waals surface area contributed by atoms with Crippen molar-refractivity contribution in [2.75, 3.05) is 40.4 Å². The zero-order chi connectivity index (χ0) is 14.2. The average Bonchev–Trinajstić information content (AvgIpc) is 2.30. The predicted molar refractivity (Wildman–Crippen MR) is 67.5 cm³/mol. The summed E-state index contributed by atoms with van der Waals surface area (Å²) in [6, 6.07) is 0. The number of nitrogens with zero attached hydrogens (tertiary/aromatic N) is 2. The molecule has 0 fully saturated rings. The summed E-state index contributed by atoms with van der Waals surface area (Å²) in [7, 11) is -0.847. The van der Waals surface area contributed by atoms with Crippen LogP contribution >= 0.6 is 0 Å². The van der Waals surface area contributed by atoms with Crippen LogP contribution in [0.1, 0.15) is 19.8 Å². The van der Waals surface area contributed by atoms with Gasteiger partial charge in [0.2, 0.25) is 0 Å². The van der Waals surface area contributed by atoms with Crippen LogP contribution in [0.15, 0.2) is 0 Å². The Balaban J connectivity index is 4.76. The number of methoxy groups -OCH3 is 1. The van der Waals surface area contributed by atoms with Gasteiger partial charge >= 0.3 is 5.97 Å². The molecule has 0 aromatic rings. The summed E-state index contributed by atoms with van der Waals surface area (Å²) >= 11 is 0. The third-order valence-electron chi connectivity index (χ3n) is 2.40. The lowest BCUT2D eigenvalue weighted by Crippen LogP contribution is -2.45. The molecule has 0 bridgehead atoms. The van der Waals surface area contributed by atoms with Gasteiger partial charge in [0.15, 0.2) is 0 Å². The molecule has 0 saturated carbocycles. The molecule has 0 aliphatic carbocycles. The van der Waals surface area contributed by atoms with Crippen LogP contribution in [0.4, 0.5) is 0 Å². The molecule has 0 aliphatic rings. The number of unbranched alkanes of at least 4 members (excludes halogenated alkanes) is 1. The van der Waals surface area contributed by atoms with Crippen LogP contribution in [0, 0.1) is 0 Å². The highest BCUT2D eigenvalue weighted by atomic mass is 32.2. The molecule has 108 valence electrons. The SMILES string of the molecule is CCCCN(C)S(=O)(=O)N(CCOC)CC(=O)O. The van der Waals surface area contributed by atoms with Gasteiger partial charge in [-0.2, -0.15) is 17.0 Å². The van der Waals surface area contributed by atoms with Gasteiger partial charge in [-0.1, -0.05) is 13.3 Å². The number of carbonyl (C=O) groups is 1. The quantitative estimate of drug-likeness (QED) is 0.609. The van der Waals surface area contributed by atoms with Gasteiger partial charge in [-0.25, -0.2) is 0 Å². The first-order valence-electron chi connectivity index (χ1n) is 5.78. The number of hydrogen-bond donors (Lipinski definition) is 1. The Morgan fingerprint density at radius 2 is 1.94 bits per heavy atom. The standard InChI is InChI=1S/C10H22N2O5S/c1-4-5-6-11(2)18(15,16)12(7-8-17-3)9-10(13)14/h4-9H2,1-3H3,(H,13,14). The van der Waals surface area contributed by atoms with E-state index in [2.05, 4.69) is 0 Å². The van der Waals surface area contributed by atoms with Gasteiger partial charge in [-0.3, -0.25) is 4.79 Å². The monoisotopic (exact) mass is 282 g/mol. The van der Waals surface area contributed by atoms with Crippen LogP contribution in [0.5, 0.6) is 0 Å². The number of hydrogen-bond acceptors (Lipinski definition) is 4. The van der Waals surface area contributed by atoms with Crippen molar-refractivity contribution in [3.05, 3.63) is 0 Å². The molecule has 7 nitrogen and oxygen atoms in total. The second-order valence-electron chi connectivity index (χ2n) is 3.90. The maximum atomic E-state index is 12.1. The van der Waals surface area contributed by atoms with E-state index in [1.165, 1.54) is 18.5 Å². The predicted octanol–water partition coefficient (Wildman–Crippen LogP) is -0.00390. The molecular formula is C10H22N2O5S. The molecule has 0 amide bonds. The topological polar surface area (TPSA) is 87.2 Å². The van der Waals surface area contributed by atoms with E-state index in [9.17, 15) is 13.2 Å².